The average Bonchev–Trinajstić information content (AvgIpc) is 3.17. The summed E-state index contributed by atoms with van der Waals surface area (Å²) in [6.07, 6.45) is -6.87. The summed E-state index contributed by atoms with van der Waals surface area (Å²) in [7, 11) is 4.87. The number of hydrogen-bond donors (Lipinski definition) is 6. The molecule has 0 radical (unpaired) electrons. The van der Waals surface area contributed by atoms with E-state index in [-0.39, 0.29) is 48.4 Å². The Bertz CT molecular complexity index is 1940. The molecule has 2 aromatic rings. The number of benzene rings is 2. The highest BCUT2D eigenvalue weighted by atomic mass is 16.7. The second kappa shape index (κ2) is 16.6. The van der Waals surface area contributed by atoms with Crippen LogP contribution in [0, 0.1) is 0 Å². The van der Waals surface area contributed by atoms with E-state index >= 15 is 0 Å². The normalized spacial score (nSPS) is 37.1. The summed E-state index contributed by atoms with van der Waals surface area (Å²) in [5.41, 5.74) is -3.56. The van der Waals surface area contributed by atoms with E-state index in [1.807, 2.05) is 19.0 Å². The Hall–Kier alpha value is -3.75. The van der Waals surface area contributed by atoms with Gasteiger partial charge in [-0.2, -0.15) is 0 Å². The van der Waals surface area contributed by atoms with Gasteiger partial charge in [-0.25, -0.2) is 0 Å². The molecule has 3 fully saturated rings. The lowest BCUT2D eigenvalue weighted by atomic mass is 9.67. The zero-order chi connectivity index (χ0) is 42.8. The number of fused-ring (bicyclic) bond motifs is 3. The number of phenolic OH excluding ortho intramolecular Hbond substituents is 3. The zero-order valence-electron chi connectivity index (χ0n) is 34.2. The summed E-state index contributed by atoms with van der Waals surface area (Å²) in [4.78, 5) is 43.2. The number of ether oxygens (including phenoxy) is 7. The summed E-state index contributed by atoms with van der Waals surface area (Å²) in [6, 6.07) is 3.03. The minimum Gasteiger partial charge on any atom is -0.507 e. The number of methoxy groups -OCH3 is 1. The minimum absolute atomic E-state index is 0.00117. The van der Waals surface area contributed by atoms with Crippen molar-refractivity contribution in [3.05, 3.63) is 51.6 Å². The summed E-state index contributed by atoms with van der Waals surface area (Å²) in [5.74, 6) is -5.87. The number of hydrogen-bond acceptors (Lipinski definition) is 17. The molecule has 3 saturated heterocycles. The van der Waals surface area contributed by atoms with Crippen molar-refractivity contribution in [1.82, 2.24) is 4.90 Å². The number of aliphatic hydroxyl groups is 3. The Balaban J connectivity index is 1.14. The molecule has 3 aliphatic heterocycles. The van der Waals surface area contributed by atoms with Crippen molar-refractivity contribution in [1.29, 1.82) is 0 Å². The molecule has 2 aromatic carbocycles. The van der Waals surface area contributed by atoms with Crippen LogP contribution in [0.2, 0.25) is 0 Å². The van der Waals surface area contributed by atoms with E-state index < -0.39 is 131 Å². The number of aromatic hydroxyl groups is 3. The number of carbonyl (C=O) groups excluding carboxylic acids is 3. The van der Waals surface area contributed by atoms with Crippen LogP contribution in [0.25, 0.3) is 0 Å². The second-order valence-electron chi connectivity index (χ2n) is 16.6. The molecule has 2 aliphatic carbocycles. The molecule has 0 bridgehead atoms. The topological polar surface area (TPSA) is 240 Å². The number of nitrogens with zero attached hydrogens (tertiary/aromatic N) is 1. The largest absolute Gasteiger partial charge is 0.507 e. The molecule has 6 N–H and O–H groups in total. The summed E-state index contributed by atoms with van der Waals surface area (Å²) in [6.45, 7) is 7.01. The first-order chi connectivity index (χ1) is 27.9. The van der Waals surface area contributed by atoms with Crippen molar-refractivity contribution in [2.24, 2.45) is 0 Å². The summed E-state index contributed by atoms with van der Waals surface area (Å²) < 4.78 is 42.7. The van der Waals surface area contributed by atoms with Gasteiger partial charge in [0.05, 0.1) is 66.0 Å². The van der Waals surface area contributed by atoms with Crippen LogP contribution in [0.5, 0.6) is 17.2 Å². The van der Waals surface area contributed by atoms with Crippen molar-refractivity contribution in [2.45, 2.75) is 151 Å². The summed E-state index contributed by atoms with van der Waals surface area (Å²) >= 11 is 0. The van der Waals surface area contributed by atoms with Gasteiger partial charge in [0.25, 0.3) is 0 Å². The highest BCUT2D eigenvalue weighted by Crippen LogP contribution is 2.54. The van der Waals surface area contributed by atoms with Crippen LogP contribution < -0.4 is 0 Å². The fraction of sp³-hybridized carbons (Fsp3) is 0.643. The third-order valence-corrected chi connectivity index (χ3v) is 12.7. The second-order valence-corrected chi connectivity index (χ2v) is 16.6. The molecule has 14 atom stereocenters. The lowest BCUT2D eigenvalue weighted by molar-refractivity contribution is -0.328. The van der Waals surface area contributed by atoms with Crippen LogP contribution in [-0.2, 0) is 38.0 Å². The highest BCUT2D eigenvalue weighted by molar-refractivity contribution is 6.31. The van der Waals surface area contributed by atoms with Gasteiger partial charge in [-0.05, 0) is 71.5 Å². The maximum absolute atomic E-state index is 14.0. The maximum atomic E-state index is 14.0. The predicted molar refractivity (Wildman–Crippen MR) is 204 cm³/mol. The quantitative estimate of drug-likeness (QED) is 0.134. The van der Waals surface area contributed by atoms with Crippen LogP contribution >= 0.6 is 0 Å². The number of rotatable bonds is 9. The standard InChI is InChI=1S/C42H55NO16/c1-8-42(52)16-27(31-20(35(42)41(51)53-7)13-21-32(37(31)49)38(50)34-25(46)10-9-24(45)33(34)36(21)48)57-29-14-22(43(5)6)39(18(3)55-29)59-30-15-26(47)40(19(4)56-30)58-28-12-11-23(44)17(2)54-28/h9-10,13,17-19,22-23,26-30,35,39-40,44-47,49,52H,8,11-12,14-16H2,1-7H3/t17-,18-,19-,22+,23+,26+,27+,28-,29-,30-,35+,39+,40+,42-/m1/s1. The number of phenols is 3. The molecular formula is C42H55NO16. The molecule has 3 heterocycles. The van der Waals surface area contributed by atoms with Crippen molar-refractivity contribution < 1.29 is 78.2 Å². The van der Waals surface area contributed by atoms with E-state index in [4.69, 9.17) is 33.2 Å². The number of ketones is 2. The average molecular weight is 830 g/mol. The van der Waals surface area contributed by atoms with Gasteiger partial charge in [0, 0.05) is 42.9 Å². The van der Waals surface area contributed by atoms with Crippen molar-refractivity contribution in [3.63, 3.8) is 0 Å². The molecule has 5 aliphatic rings. The lowest BCUT2D eigenvalue weighted by Crippen LogP contribution is -2.58. The Morgan fingerprint density at radius 2 is 1.41 bits per heavy atom. The number of aliphatic hydroxyl groups excluding tert-OH is 2. The van der Waals surface area contributed by atoms with Gasteiger partial charge in [0.1, 0.15) is 35.4 Å². The minimum atomic E-state index is -1.81. The molecule has 0 spiro atoms. The van der Waals surface area contributed by atoms with E-state index in [9.17, 15) is 45.0 Å². The van der Waals surface area contributed by atoms with Gasteiger partial charge in [0.2, 0.25) is 5.78 Å². The Morgan fingerprint density at radius 3 is 2.00 bits per heavy atom. The van der Waals surface area contributed by atoms with E-state index in [0.717, 1.165) is 19.2 Å². The lowest BCUT2D eigenvalue weighted by Gasteiger charge is -2.48. The molecule has 17 nitrogen and oxygen atoms in total. The molecule has 0 unspecified atom stereocenters. The first-order valence-electron chi connectivity index (χ1n) is 20.2. The van der Waals surface area contributed by atoms with Crippen LogP contribution in [0.3, 0.4) is 0 Å². The third kappa shape index (κ3) is 7.75. The molecule has 0 aromatic heterocycles. The van der Waals surface area contributed by atoms with Gasteiger partial charge in [-0.15, -0.1) is 0 Å². The zero-order valence-corrected chi connectivity index (χ0v) is 34.2. The predicted octanol–water partition coefficient (Wildman–Crippen LogP) is 2.66. The SMILES string of the molecule is CC[C@@]1(O)C[C@H](O[C@@H]2C[C@H](N(C)C)[C@@H](O[C@@H]3C[C@H](O)[C@@H](O[C@@H]4CC[C@H](O)[C@@H](C)O4)[C@@H](C)O3)[C@@H](C)O2)c2c(cc3c(c2O)C(=O)c2c(O)ccc(O)c2C3=O)[C@H]1C(=O)OC. The van der Waals surface area contributed by atoms with Gasteiger partial charge in [-0.3, -0.25) is 14.4 Å². The number of likely N-dealkylation sites (N-methyl/N-ethyl adjacent to an activating group) is 1. The highest BCUT2D eigenvalue weighted by Gasteiger charge is 2.54. The summed E-state index contributed by atoms with van der Waals surface area (Å²) in [5, 5.41) is 66.5. The molecule has 7 rings (SSSR count). The molecular weight excluding hydrogens is 774 g/mol. The molecule has 0 amide bonds. The van der Waals surface area contributed by atoms with Crippen LogP contribution in [0.4, 0.5) is 0 Å². The van der Waals surface area contributed by atoms with Gasteiger partial charge in [0.15, 0.2) is 24.7 Å². The van der Waals surface area contributed by atoms with Gasteiger partial charge in [-0.1, -0.05) is 6.92 Å². The fourth-order valence-electron chi connectivity index (χ4n) is 9.44. The Morgan fingerprint density at radius 1 is 0.814 bits per heavy atom. The Kier molecular flexibility index (Phi) is 12.2. The molecule has 0 saturated carbocycles. The van der Waals surface area contributed by atoms with Gasteiger partial charge >= 0.3 is 5.97 Å². The monoisotopic (exact) mass is 829 g/mol. The van der Waals surface area contributed by atoms with Crippen molar-refractivity contribution in [3.8, 4) is 17.2 Å². The first-order valence-corrected chi connectivity index (χ1v) is 20.2. The molecule has 17 heteroatoms. The Labute approximate surface area is 341 Å². The van der Waals surface area contributed by atoms with Crippen LogP contribution in [-0.4, -0.2) is 148 Å². The van der Waals surface area contributed by atoms with Crippen molar-refractivity contribution in [2.75, 3.05) is 21.2 Å². The van der Waals surface area contributed by atoms with Crippen molar-refractivity contribution >= 4 is 17.5 Å². The smallest absolute Gasteiger partial charge is 0.316 e. The first kappa shape index (κ1) is 43.3. The van der Waals surface area contributed by atoms with E-state index in [0.29, 0.717) is 12.8 Å². The van der Waals surface area contributed by atoms with Crippen LogP contribution in [0.15, 0.2) is 18.2 Å². The molecule has 324 valence electrons. The van der Waals surface area contributed by atoms with Gasteiger partial charge < -0.3 is 68.7 Å². The number of carbonyl (C=O) groups is 3. The number of esters is 1. The van der Waals surface area contributed by atoms with E-state index in [1.165, 1.54) is 6.07 Å². The van der Waals surface area contributed by atoms with Crippen LogP contribution in [0.1, 0.15) is 121 Å². The maximum Gasteiger partial charge on any atom is 0.316 e. The van der Waals surface area contributed by atoms with E-state index in [2.05, 4.69) is 0 Å². The fourth-order valence-corrected chi connectivity index (χ4v) is 9.44. The molecule has 59 heavy (non-hydrogen) atoms. The van der Waals surface area contributed by atoms with E-state index in [1.54, 1.807) is 27.7 Å². The third-order valence-electron chi connectivity index (χ3n) is 12.7.